The monoisotopic (exact) mass is 239 g/mol. The number of likely N-dealkylation sites (tertiary alicyclic amines) is 1. The van der Waals surface area contributed by atoms with Gasteiger partial charge in [-0.2, -0.15) is 0 Å². The number of carbonyl (C=O) groups excluding carboxylic acids is 1. The second-order valence-corrected chi connectivity index (χ2v) is 4.28. The topological polar surface area (TPSA) is 62.9 Å². The van der Waals surface area contributed by atoms with Gasteiger partial charge in [0.25, 0.3) is 0 Å². The summed E-state index contributed by atoms with van der Waals surface area (Å²) in [6.07, 6.45) is 3.02. The maximum atomic E-state index is 11.5. The molecule has 1 atom stereocenters. The van der Waals surface area contributed by atoms with Crippen molar-refractivity contribution in [3.8, 4) is 0 Å². The predicted octanol–water partition coefficient (Wildman–Crippen LogP) is 1.02. The number of carbonyl (C=O) groups is 1. The van der Waals surface area contributed by atoms with Crippen LogP contribution in [0.1, 0.15) is 29.0 Å². The van der Waals surface area contributed by atoms with E-state index in [9.17, 15) is 9.90 Å². The second kappa shape index (κ2) is 5.33. The molecule has 1 aliphatic rings. The van der Waals surface area contributed by atoms with Crippen LogP contribution in [0.5, 0.6) is 0 Å². The predicted molar refractivity (Wildman–Crippen MR) is 60.6 cm³/mol. The maximum Gasteiger partial charge on any atom is 0.341 e. The van der Waals surface area contributed by atoms with Gasteiger partial charge in [0.15, 0.2) is 0 Å². The Morgan fingerprint density at radius 1 is 1.71 bits per heavy atom. The number of rotatable bonds is 3. The lowest BCUT2D eigenvalue weighted by atomic mass is 10.1. The molecular weight excluding hydrogens is 222 g/mol. The Labute approximate surface area is 100.0 Å². The molecule has 5 heteroatoms. The Balaban J connectivity index is 2.03. The zero-order valence-electron chi connectivity index (χ0n) is 9.89. The summed E-state index contributed by atoms with van der Waals surface area (Å²) < 4.78 is 9.98. The van der Waals surface area contributed by atoms with Crippen LogP contribution < -0.4 is 0 Å². The number of piperidine rings is 1. The first-order valence-electron chi connectivity index (χ1n) is 5.76. The van der Waals surface area contributed by atoms with Crippen molar-refractivity contribution in [1.29, 1.82) is 0 Å². The standard InChI is InChI=1S/C12H17NO4/c1-16-12(15)10-4-6-17-11(10)8-13-5-2-3-9(14)7-13/h4,6,9,14H,2-3,5,7-8H2,1H3. The zero-order chi connectivity index (χ0) is 12.3. The average molecular weight is 239 g/mol. The molecule has 0 amide bonds. The quantitative estimate of drug-likeness (QED) is 0.798. The van der Waals surface area contributed by atoms with Crippen LogP contribution in [0, 0.1) is 0 Å². The van der Waals surface area contributed by atoms with Crippen LogP contribution in [-0.2, 0) is 11.3 Å². The minimum Gasteiger partial charge on any atom is -0.467 e. The third-order valence-electron chi connectivity index (χ3n) is 3.00. The van der Waals surface area contributed by atoms with E-state index in [1.165, 1.54) is 13.4 Å². The molecular formula is C12H17NO4. The summed E-state index contributed by atoms with van der Waals surface area (Å²) in [5, 5.41) is 9.57. The summed E-state index contributed by atoms with van der Waals surface area (Å²) in [6, 6.07) is 1.61. The summed E-state index contributed by atoms with van der Waals surface area (Å²) in [6.45, 7) is 2.08. The highest BCUT2D eigenvalue weighted by Crippen LogP contribution is 2.17. The highest BCUT2D eigenvalue weighted by Gasteiger charge is 2.22. The van der Waals surface area contributed by atoms with Gasteiger partial charge in [-0.1, -0.05) is 0 Å². The lowest BCUT2D eigenvalue weighted by Gasteiger charge is -2.29. The summed E-state index contributed by atoms with van der Waals surface area (Å²) in [7, 11) is 1.35. The Morgan fingerprint density at radius 3 is 3.24 bits per heavy atom. The Kier molecular flexibility index (Phi) is 3.81. The molecule has 1 aliphatic heterocycles. The molecule has 0 radical (unpaired) electrons. The van der Waals surface area contributed by atoms with Crippen molar-refractivity contribution in [1.82, 2.24) is 4.90 Å². The van der Waals surface area contributed by atoms with Gasteiger partial charge >= 0.3 is 5.97 Å². The SMILES string of the molecule is COC(=O)c1ccoc1CN1CCCC(O)C1. The van der Waals surface area contributed by atoms with Crippen molar-refractivity contribution >= 4 is 5.97 Å². The summed E-state index contributed by atoms with van der Waals surface area (Å²) in [4.78, 5) is 13.5. The fourth-order valence-electron chi connectivity index (χ4n) is 2.13. The molecule has 1 N–H and O–H groups in total. The van der Waals surface area contributed by atoms with Crippen molar-refractivity contribution in [2.75, 3.05) is 20.2 Å². The molecule has 5 nitrogen and oxygen atoms in total. The van der Waals surface area contributed by atoms with Gasteiger partial charge in [0.1, 0.15) is 11.3 Å². The van der Waals surface area contributed by atoms with E-state index in [0.29, 0.717) is 24.4 Å². The van der Waals surface area contributed by atoms with Crippen molar-refractivity contribution in [3.05, 3.63) is 23.7 Å². The van der Waals surface area contributed by atoms with E-state index < -0.39 is 0 Å². The summed E-state index contributed by atoms with van der Waals surface area (Å²) >= 11 is 0. The van der Waals surface area contributed by atoms with Crippen molar-refractivity contribution in [2.45, 2.75) is 25.5 Å². The molecule has 1 aromatic rings. The fourth-order valence-corrected chi connectivity index (χ4v) is 2.13. The van der Waals surface area contributed by atoms with Crippen LogP contribution in [0.4, 0.5) is 0 Å². The molecule has 0 spiro atoms. The summed E-state index contributed by atoms with van der Waals surface area (Å²) in [5.74, 6) is 0.220. The molecule has 1 unspecified atom stereocenters. The maximum absolute atomic E-state index is 11.5. The van der Waals surface area contributed by atoms with E-state index in [2.05, 4.69) is 9.64 Å². The number of ether oxygens (including phenoxy) is 1. The van der Waals surface area contributed by atoms with Gasteiger partial charge in [-0.05, 0) is 25.5 Å². The Hall–Kier alpha value is -1.33. The van der Waals surface area contributed by atoms with E-state index in [4.69, 9.17) is 4.42 Å². The van der Waals surface area contributed by atoms with Crippen molar-refractivity contribution < 1.29 is 19.1 Å². The number of aliphatic hydroxyl groups excluding tert-OH is 1. The van der Waals surface area contributed by atoms with E-state index in [0.717, 1.165) is 19.4 Å². The van der Waals surface area contributed by atoms with Crippen LogP contribution >= 0.6 is 0 Å². The van der Waals surface area contributed by atoms with Gasteiger partial charge in [0.2, 0.25) is 0 Å². The number of aliphatic hydroxyl groups is 1. The zero-order valence-corrected chi connectivity index (χ0v) is 9.89. The number of furan rings is 1. The summed E-state index contributed by atoms with van der Waals surface area (Å²) in [5.41, 5.74) is 0.465. The van der Waals surface area contributed by atoms with Crippen molar-refractivity contribution in [2.24, 2.45) is 0 Å². The van der Waals surface area contributed by atoms with Gasteiger partial charge in [-0.15, -0.1) is 0 Å². The van der Waals surface area contributed by atoms with E-state index >= 15 is 0 Å². The lowest BCUT2D eigenvalue weighted by Crippen LogP contribution is -2.37. The normalized spacial score (nSPS) is 21.4. The molecule has 1 fully saturated rings. The largest absolute Gasteiger partial charge is 0.467 e. The molecule has 2 heterocycles. The van der Waals surface area contributed by atoms with Crippen LogP contribution in [-0.4, -0.2) is 42.3 Å². The number of nitrogens with zero attached hydrogens (tertiary/aromatic N) is 1. The lowest BCUT2D eigenvalue weighted by molar-refractivity contribution is 0.0573. The third-order valence-corrected chi connectivity index (χ3v) is 3.00. The van der Waals surface area contributed by atoms with Crippen LogP contribution in [0.25, 0.3) is 0 Å². The molecule has 0 aromatic carbocycles. The van der Waals surface area contributed by atoms with E-state index in [1.54, 1.807) is 6.07 Å². The van der Waals surface area contributed by atoms with E-state index in [-0.39, 0.29) is 12.1 Å². The minimum absolute atomic E-state index is 0.278. The molecule has 1 aromatic heterocycles. The molecule has 0 aliphatic carbocycles. The highest BCUT2D eigenvalue weighted by molar-refractivity contribution is 5.90. The minimum atomic E-state index is -0.383. The van der Waals surface area contributed by atoms with Crippen molar-refractivity contribution in [3.63, 3.8) is 0 Å². The Bertz CT molecular complexity index is 388. The van der Waals surface area contributed by atoms with Crippen LogP contribution in [0.15, 0.2) is 16.7 Å². The molecule has 1 saturated heterocycles. The molecule has 0 bridgehead atoms. The Morgan fingerprint density at radius 2 is 2.53 bits per heavy atom. The van der Waals surface area contributed by atoms with Gasteiger partial charge in [0, 0.05) is 6.54 Å². The number of methoxy groups -OCH3 is 1. The third kappa shape index (κ3) is 2.87. The number of esters is 1. The van der Waals surface area contributed by atoms with Gasteiger partial charge < -0.3 is 14.3 Å². The molecule has 2 rings (SSSR count). The van der Waals surface area contributed by atoms with Gasteiger partial charge in [0.05, 0.1) is 26.0 Å². The first-order chi connectivity index (χ1) is 8.20. The van der Waals surface area contributed by atoms with Gasteiger partial charge in [-0.3, -0.25) is 4.90 Å². The first-order valence-corrected chi connectivity index (χ1v) is 5.76. The average Bonchev–Trinajstić information content (AvgIpc) is 2.76. The number of hydrogen-bond acceptors (Lipinski definition) is 5. The van der Waals surface area contributed by atoms with E-state index in [1.807, 2.05) is 0 Å². The smallest absolute Gasteiger partial charge is 0.341 e. The number of hydrogen-bond donors (Lipinski definition) is 1. The fraction of sp³-hybridized carbons (Fsp3) is 0.583. The molecule has 0 saturated carbocycles. The molecule has 94 valence electrons. The first kappa shape index (κ1) is 12.1. The van der Waals surface area contributed by atoms with Crippen LogP contribution in [0.2, 0.25) is 0 Å². The van der Waals surface area contributed by atoms with Gasteiger partial charge in [-0.25, -0.2) is 4.79 Å². The van der Waals surface area contributed by atoms with Crippen LogP contribution in [0.3, 0.4) is 0 Å². The highest BCUT2D eigenvalue weighted by atomic mass is 16.5. The second-order valence-electron chi connectivity index (χ2n) is 4.28. The molecule has 17 heavy (non-hydrogen) atoms. The number of β-amino-alcohol motifs (C(OH)–C–C–N with tert-alkyl or cyclic N) is 1.